The molecule has 0 bridgehead atoms. The molecule has 1 aromatic rings. The lowest BCUT2D eigenvalue weighted by Crippen LogP contribution is -2.30. The van der Waals surface area contributed by atoms with Crippen LogP contribution in [0.15, 0.2) is 24.3 Å². The largest absolute Gasteiger partial charge is 0.307 e. The van der Waals surface area contributed by atoms with Gasteiger partial charge in [-0.1, -0.05) is 51.0 Å². The number of aryl methyl sites for hydroxylation is 1. The second kappa shape index (κ2) is 6.38. The molecule has 1 N–H and O–H groups in total. The summed E-state index contributed by atoms with van der Waals surface area (Å²) in [7, 11) is 0. The fourth-order valence-corrected chi connectivity index (χ4v) is 2.70. The van der Waals surface area contributed by atoms with Gasteiger partial charge in [0.1, 0.15) is 0 Å². The van der Waals surface area contributed by atoms with Gasteiger partial charge in [-0.3, -0.25) is 0 Å². The van der Waals surface area contributed by atoms with E-state index in [1.807, 2.05) is 0 Å². The number of nitrogens with one attached hydrogen (secondary N) is 1. The summed E-state index contributed by atoms with van der Waals surface area (Å²) in [5.41, 5.74) is 2.87. The maximum absolute atomic E-state index is 3.79. The first kappa shape index (κ1) is 13.6. The number of hydrogen-bond donors (Lipinski definition) is 1. The second-order valence-electron chi connectivity index (χ2n) is 5.80. The van der Waals surface area contributed by atoms with Crippen molar-refractivity contribution in [2.24, 2.45) is 5.92 Å². The Labute approximate surface area is 112 Å². The van der Waals surface area contributed by atoms with Crippen molar-refractivity contribution in [1.29, 1.82) is 0 Å². The normalized spacial score (nSPS) is 18.6. The maximum atomic E-state index is 3.79. The fourth-order valence-electron chi connectivity index (χ4n) is 2.70. The predicted molar refractivity (Wildman–Crippen MR) is 78.8 cm³/mol. The van der Waals surface area contributed by atoms with Gasteiger partial charge < -0.3 is 5.32 Å². The van der Waals surface area contributed by atoms with Gasteiger partial charge in [0.2, 0.25) is 0 Å². The zero-order valence-electron chi connectivity index (χ0n) is 12.1. The minimum absolute atomic E-state index is 0.518. The third-order valence-corrected chi connectivity index (χ3v) is 4.07. The van der Waals surface area contributed by atoms with Crippen molar-refractivity contribution in [2.45, 2.75) is 65.0 Å². The Morgan fingerprint density at radius 2 is 1.83 bits per heavy atom. The Kier molecular flexibility index (Phi) is 4.82. The molecule has 2 unspecified atom stereocenters. The van der Waals surface area contributed by atoms with Crippen LogP contribution in [0, 0.1) is 5.92 Å². The van der Waals surface area contributed by atoms with E-state index in [4.69, 9.17) is 0 Å². The SMILES string of the molecule is CCc1ccc(C(CC)NC(C)CC2CC2)cc1. The van der Waals surface area contributed by atoms with Gasteiger partial charge in [-0.2, -0.15) is 0 Å². The van der Waals surface area contributed by atoms with Gasteiger partial charge in [0.25, 0.3) is 0 Å². The summed E-state index contributed by atoms with van der Waals surface area (Å²) in [6.07, 6.45) is 6.55. The van der Waals surface area contributed by atoms with E-state index < -0.39 is 0 Å². The second-order valence-corrected chi connectivity index (χ2v) is 5.80. The summed E-state index contributed by atoms with van der Waals surface area (Å²) in [5.74, 6) is 1.01. The summed E-state index contributed by atoms with van der Waals surface area (Å²) in [5, 5.41) is 3.79. The first-order valence-corrected chi connectivity index (χ1v) is 7.57. The molecule has 2 rings (SSSR count). The molecule has 1 aliphatic carbocycles. The van der Waals surface area contributed by atoms with E-state index in [9.17, 15) is 0 Å². The molecular formula is C17H27N. The maximum Gasteiger partial charge on any atom is 0.0319 e. The first-order valence-electron chi connectivity index (χ1n) is 7.57. The number of rotatable bonds is 7. The monoisotopic (exact) mass is 245 g/mol. The van der Waals surface area contributed by atoms with Gasteiger partial charge in [0, 0.05) is 12.1 Å². The summed E-state index contributed by atoms with van der Waals surface area (Å²) in [4.78, 5) is 0. The molecule has 0 radical (unpaired) electrons. The molecular weight excluding hydrogens is 218 g/mol. The lowest BCUT2D eigenvalue weighted by Gasteiger charge is -2.23. The van der Waals surface area contributed by atoms with Crippen molar-refractivity contribution in [3.63, 3.8) is 0 Å². The quantitative estimate of drug-likeness (QED) is 0.747. The van der Waals surface area contributed by atoms with E-state index in [2.05, 4.69) is 50.4 Å². The van der Waals surface area contributed by atoms with Crippen molar-refractivity contribution < 1.29 is 0 Å². The minimum atomic E-state index is 0.518. The molecule has 1 saturated carbocycles. The lowest BCUT2D eigenvalue weighted by molar-refractivity contribution is 0.413. The van der Waals surface area contributed by atoms with Crippen molar-refractivity contribution in [3.05, 3.63) is 35.4 Å². The van der Waals surface area contributed by atoms with E-state index in [1.54, 1.807) is 0 Å². The fraction of sp³-hybridized carbons (Fsp3) is 0.647. The summed E-state index contributed by atoms with van der Waals surface area (Å²) >= 11 is 0. The molecule has 1 fully saturated rings. The van der Waals surface area contributed by atoms with E-state index in [0.717, 1.165) is 12.3 Å². The molecule has 0 saturated heterocycles. The molecule has 100 valence electrons. The summed E-state index contributed by atoms with van der Waals surface area (Å²) < 4.78 is 0. The average molecular weight is 245 g/mol. The van der Waals surface area contributed by atoms with E-state index in [1.165, 1.54) is 36.8 Å². The Morgan fingerprint density at radius 1 is 1.17 bits per heavy atom. The van der Waals surface area contributed by atoms with Crippen LogP contribution in [0.5, 0.6) is 0 Å². The Morgan fingerprint density at radius 3 is 2.33 bits per heavy atom. The van der Waals surface area contributed by atoms with E-state index in [0.29, 0.717) is 12.1 Å². The minimum Gasteiger partial charge on any atom is -0.307 e. The molecule has 1 heteroatoms. The van der Waals surface area contributed by atoms with Crippen molar-refractivity contribution in [3.8, 4) is 0 Å². The lowest BCUT2D eigenvalue weighted by atomic mass is 10.0. The molecule has 1 aliphatic rings. The van der Waals surface area contributed by atoms with E-state index >= 15 is 0 Å². The Balaban J connectivity index is 1.92. The molecule has 0 heterocycles. The van der Waals surface area contributed by atoms with Crippen LogP contribution in [-0.2, 0) is 6.42 Å². The number of benzene rings is 1. The molecule has 0 amide bonds. The van der Waals surface area contributed by atoms with Gasteiger partial charge >= 0.3 is 0 Å². The third kappa shape index (κ3) is 3.84. The molecule has 2 atom stereocenters. The van der Waals surface area contributed by atoms with Crippen molar-refractivity contribution in [1.82, 2.24) is 5.32 Å². The molecule has 0 aliphatic heterocycles. The van der Waals surface area contributed by atoms with Gasteiger partial charge in [-0.15, -0.1) is 0 Å². The average Bonchev–Trinajstić information content (AvgIpc) is 3.20. The van der Waals surface area contributed by atoms with Crippen molar-refractivity contribution >= 4 is 0 Å². The summed E-state index contributed by atoms with van der Waals surface area (Å²) in [6.45, 7) is 6.82. The van der Waals surface area contributed by atoms with Crippen molar-refractivity contribution in [2.75, 3.05) is 0 Å². The standard InChI is InChI=1S/C17H27N/c1-4-14-8-10-16(11-9-14)17(5-2)18-13(3)12-15-6-7-15/h8-11,13,15,17-18H,4-7,12H2,1-3H3. The first-order chi connectivity index (χ1) is 8.72. The van der Waals surface area contributed by atoms with Gasteiger partial charge in [0.05, 0.1) is 0 Å². The van der Waals surface area contributed by atoms with Crippen LogP contribution in [-0.4, -0.2) is 6.04 Å². The van der Waals surface area contributed by atoms with Crippen LogP contribution in [0.4, 0.5) is 0 Å². The topological polar surface area (TPSA) is 12.0 Å². The van der Waals surface area contributed by atoms with Gasteiger partial charge in [-0.05, 0) is 43.2 Å². The van der Waals surface area contributed by atoms with Crippen LogP contribution in [0.25, 0.3) is 0 Å². The molecule has 1 nitrogen and oxygen atoms in total. The highest BCUT2D eigenvalue weighted by atomic mass is 14.9. The highest BCUT2D eigenvalue weighted by molar-refractivity contribution is 5.25. The zero-order valence-corrected chi connectivity index (χ0v) is 12.1. The molecule has 0 aromatic heterocycles. The Bertz CT molecular complexity index is 350. The molecule has 1 aromatic carbocycles. The molecule has 0 spiro atoms. The Hall–Kier alpha value is -0.820. The zero-order chi connectivity index (χ0) is 13.0. The number of hydrogen-bond acceptors (Lipinski definition) is 1. The van der Waals surface area contributed by atoms with Crippen LogP contribution < -0.4 is 5.32 Å². The van der Waals surface area contributed by atoms with Gasteiger partial charge in [-0.25, -0.2) is 0 Å². The van der Waals surface area contributed by atoms with Crippen LogP contribution in [0.2, 0.25) is 0 Å². The predicted octanol–water partition coefficient (Wildman–Crippen LogP) is 4.48. The van der Waals surface area contributed by atoms with Crippen LogP contribution in [0.1, 0.15) is 63.6 Å². The highest BCUT2D eigenvalue weighted by Gasteiger charge is 2.24. The van der Waals surface area contributed by atoms with Gasteiger partial charge in [0.15, 0.2) is 0 Å². The summed E-state index contributed by atoms with van der Waals surface area (Å²) in [6, 6.07) is 10.3. The highest BCUT2D eigenvalue weighted by Crippen LogP contribution is 2.34. The van der Waals surface area contributed by atoms with Crippen LogP contribution in [0.3, 0.4) is 0 Å². The van der Waals surface area contributed by atoms with E-state index in [-0.39, 0.29) is 0 Å². The molecule has 18 heavy (non-hydrogen) atoms. The third-order valence-electron chi connectivity index (χ3n) is 4.07. The smallest absolute Gasteiger partial charge is 0.0319 e. The van der Waals surface area contributed by atoms with Crippen LogP contribution >= 0.6 is 0 Å².